The average Bonchev–Trinajstić information content (AvgIpc) is 3.27. The molecular formula is C52H90O10. The average molecular weight is 875 g/mol. The van der Waals surface area contributed by atoms with Crippen LogP contribution in [-0.2, 0) is 28.5 Å². The number of aliphatic hydroxyl groups is 4. The summed E-state index contributed by atoms with van der Waals surface area (Å²) in [5.41, 5.74) is 0. The largest absolute Gasteiger partial charge is 0.462 e. The van der Waals surface area contributed by atoms with Gasteiger partial charge in [-0.1, -0.05) is 190 Å². The van der Waals surface area contributed by atoms with Crippen molar-refractivity contribution in [3.63, 3.8) is 0 Å². The third kappa shape index (κ3) is 33.0. The number of unbranched alkanes of at least 4 members (excludes halogenated alkanes) is 20. The topological polar surface area (TPSA) is 152 Å². The fraction of sp³-hybridized carbons (Fsp3) is 0.769. The molecule has 0 bridgehead atoms. The SMILES string of the molecule is CC/C=C/C/C=C/C/C=C/C/C=C/C/C=C/CCCCCC(=O)OC[C@@H](CO[C@H]1O[C@@H](CO)[C@@H](O)C(O)C1O)OC(=O)CCCCCCCCCCCCCCCCCCCC. The summed E-state index contributed by atoms with van der Waals surface area (Å²) in [6.07, 6.45) is 45.1. The van der Waals surface area contributed by atoms with Crippen LogP contribution in [0.3, 0.4) is 0 Å². The van der Waals surface area contributed by atoms with Gasteiger partial charge in [-0.05, 0) is 57.8 Å². The molecule has 1 fully saturated rings. The number of ether oxygens (including phenoxy) is 4. The molecule has 1 aliphatic heterocycles. The maximum absolute atomic E-state index is 12.8. The van der Waals surface area contributed by atoms with E-state index in [0.29, 0.717) is 12.8 Å². The molecule has 1 heterocycles. The predicted molar refractivity (Wildman–Crippen MR) is 251 cm³/mol. The lowest BCUT2D eigenvalue weighted by Crippen LogP contribution is -2.59. The molecule has 4 N–H and O–H groups in total. The number of esters is 2. The molecule has 62 heavy (non-hydrogen) atoms. The Morgan fingerprint density at radius 1 is 0.516 bits per heavy atom. The van der Waals surface area contributed by atoms with E-state index in [4.69, 9.17) is 18.9 Å². The minimum Gasteiger partial charge on any atom is -0.462 e. The second-order valence-electron chi connectivity index (χ2n) is 16.9. The van der Waals surface area contributed by atoms with E-state index < -0.39 is 55.4 Å². The molecule has 0 radical (unpaired) electrons. The van der Waals surface area contributed by atoms with Gasteiger partial charge in [0, 0.05) is 12.8 Å². The summed E-state index contributed by atoms with van der Waals surface area (Å²) >= 11 is 0. The van der Waals surface area contributed by atoms with Crippen molar-refractivity contribution in [1.82, 2.24) is 0 Å². The molecule has 0 aliphatic carbocycles. The molecule has 0 amide bonds. The Morgan fingerprint density at radius 2 is 0.952 bits per heavy atom. The van der Waals surface area contributed by atoms with Crippen molar-refractivity contribution >= 4 is 11.9 Å². The third-order valence-corrected chi connectivity index (χ3v) is 11.2. The van der Waals surface area contributed by atoms with Crippen molar-refractivity contribution < 1.29 is 49.0 Å². The van der Waals surface area contributed by atoms with Crippen molar-refractivity contribution in [3.05, 3.63) is 60.8 Å². The highest BCUT2D eigenvalue weighted by atomic mass is 16.7. The predicted octanol–water partition coefficient (Wildman–Crippen LogP) is 11.4. The van der Waals surface area contributed by atoms with Gasteiger partial charge in [-0.2, -0.15) is 0 Å². The van der Waals surface area contributed by atoms with Gasteiger partial charge in [-0.3, -0.25) is 9.59 Å². The second-order valence-corrected chi connectivity index (χ2v) is 16.9. The van der Waals surface area contributed by atoms with Gasteiger partial charge in [0.25, 0.3) is 0 Å². The first kappa shape index (κ1) is 57.4. The number of carbonyl (C=O) groups excluding carboxylic acids is 2. The maximum Gasteiger partial charge on any atom is 0.306 e. The Kier molecular flexibility index (Phi) is 39.2. The molecule has 0 aromatic carbocycles. The molecule has 0 aromatic heterocycles. The van der Waals surface area contributed by atoms with Crippen LogP contribution in [0, 0.1) is 0 Å². The number of aliphatic hydroxyl groups excluding tert-OH is 4. The van der Waals surface area contributed by atoms with Gasteiger partial charge in [0.1, 0.15) is 31.0 Å². The van der Waals surface area contributed by atoms with E-state index in [2.05, 4.69) is 74.6 Å². The number of hydrogen-bond acceptors (Lipinski definition) is 10. The molecule has 1 rings (SSSR count). The lowest BCUT2D eigenvalue weighted by Gasteiger charge is -2.39. The highest BCUT2D eigenvalue weighted by molar-refractivity contribution is 5.70. The first-order valence-electron chi connectivity index (χ1n) is 24.9. The standard InChI is InChI=1S/C52H90O10/c1-3-5-7-9-11-13-15-17-19-21-23-25-26-28-30-32-34-36-38-40-47(54)59-43-45(44-60-52-51(58)50(57)49(56)46(42-53)62-52)61-48(55)41-39-37-35-33-31-29-27-24-22-20-18-16-14-12-10-8-6-4-2/h5,7,11,13,17,19,23,25,28,30,45-46,49-53,56-58H,3-4,6,8-10,12,14-16,18,20-22,24,26-27,29,31-44H2,1-2H3/b7-5+,13-11+,19-17+,25-23+,30-28+/t45-,46-,49+,50?,51?,52-/m0/s1. The molecule has 10 nitrogen and oxygen atoms in total. The highest BCUT2D eigenvalue weighted by Crippen LogP contribution is 2.23. The Labute approximate surface area is 377 Å². The summed E-state index contributed by atoms with van der Waals surface area (Å²) in [5, 5.41) is 40.2. The van der Waals surface area contributed by atoms with Crippen LogP contribution in [0.2, 0.25) is 0 Å². The monoisotopic (exact) mass is 875 g/mol. The Balaban J connectivity index is 2.31. The minimum absolute atomic E-state index is 0.223. The zero-order valence-corrected chi connectivity index (χ0v) is 39.1. The molecule has 6 atom stereocenters. The third-order valence-electron chi connectivity index (χ3n) is 11.2. The summed E-state index contributed by atoms with van der Waals surface area (Å²) in [4.78, 5) is 25.4. The van der Waals surface area contributed by atoms with E-state index in [-0.39, 0.29) is 26.1 Å². The number of hydrogen-bond donors (Lipinski definition) is 4. The fourth-order valence-electron chi connectivity index (χ4n) is 7.27. The summed E-state index contributed by atoms with van der Waals surface area (Å²) < 4.78 is 22.2. The first-order valence-corrected chi connectivity index (χ1v) is 24.9. The Morgan fingerprint density at radius 3 is 1.44 bits per heavy atom. The molecule has 2 unspecified atom stereocenters. The van der Waals surface area contributed by atoms with Crippen molar-refractivity contribution in [2.24, 2.45) is 0 Å². The smallest absolute Gasteiger partial charge is 0.306 e. The van der Waals surface area contributed by atoms with Crippen LogP contribution in [-0.4, -0.2) is 89.0 Å². The first-order chi connectivity index (χ1) is 30.3. The van der Waals surface area contributed by atoms with E-state index >= 15 is 0 Å². The molecule has 1 aliphatic rings. The van der Waals surface area contributed by atoms with Crippen molar-refractivity contribution in [1.29, 1.82) is 0 Å². The van der Waals surface area contributed by atoms with E-state index in [9.17, 15) is 30.0 Å². The zero-order chi connectivity index (χ0) is 45.1. The maximum atomic E-state index is 12.8. The number of rotatable bonds is 41. The molecule has 0 saturated carbocycles. The lowest BCUT2D eigenvalue weighted by atomic mass is 9.99. The second kappa shape index (κ2) is 42.4. The van der Waals surface area contributed by atoms with Crippen molar-refractivity contribution in [3.8, 4) is 0 Å². The summed E-state index contributed by atoms with van der Waals surface area (Å²) in [7, 11) is 0. The van der Waals surface area contributed by atoms with E-state index in [1.54, 1.807) is 0 Å². The van der Waals surface area contributed by atoms with Crippen LogP contribution in [0.25, 0.3) is 0 Å². The molecule has 1 saturated heterocycles. The fourth-order valence-corrected chi connectivity index (χ4v) is 7.27. The van der Waals surface area contributed by atoms with E-state index in [0.717, 1.165) is 70.6 Å². The molecule has 0 aromatic rings. The van der Waals surface area contributed by atoms with Gasteiger partial charge < -0.3 is 39.4 Å². The zero-order valence-electron chi connectivity index (χ0n) is 39.1. The summed E-state index contributed by atoms with van der Waals surface area (Å²) in [6.45, 7) is 3.29. The summed E-state index contributed by atoms with van der Waals surface area (Å²) in [6, 6.07) is 0. The van der Waals surface area contributed by atoms with E-state index in [1.165, 1.54) is 89.9 Å². The van der Waals surface area contributed by atoms with Gasteiger partial charge in [-0.15, -0.1) is 0 Å². The van der Waals surface area contributed by atoms with Crippen LogP contribution < -0.4 is 0 Å². The van der Waals surface area contributed by atoms with E-state index in [1.807, 2.05) is 0 Å². The Bertz CT molecular complexity index is 1190. The molecule has 358 valence electrons. The van der Waals surface area contributed by atoms with Gasteiger partial charge >= 0.3 is 11.9 Å². The normalized spacial score (nSPS) is 20.1. The van der Waals surface area contributed by atoms with Gasteiger partial charge in [0.15, 0.2) is 12.4 Å². The minimum atomic E-state index is -1.60. The molecule has 10 heteroatoms. The van der Waals surface area contributed by atoms with Gasteiger partial charge in [-0.25, -0.2) is 0 Å². The Hall–Kier alpha value is -2.60. The quantitative estimate of drug-likeness (QED) is 0.0265. The number of carbonyl (C=O) groups is 2. The van der Waals surface area contributed by atoms with Crippen molar-refractivity contribution in [2.75, 3.05) is 19.8 Å². The van der Waals surface area contributed by atoms with Crippen LogP contribution in [0.5, 0.6) is 0 Å². The van der Waals surface area contributed by atoms with Gasteiger partial charge in [0.2, 0.25) is 0 Å². The van der Waals surface area contributed by atoms with Crippen LogP contribution in [0.4, 0.5) is 0 Å². The summed E-state index contributed by atoms with van der Waals surface area (Å²) in [5.74, 6) is -0.841. The molecule has 0 spiro atoms. The number of allylic oxidation sites excluding steroid dienone is 10. The van der Waals surface area contributed by atoms with Crippen LogP contribution in [0.1, 0.15) is 200 Å². The molecular weight excluding hydrogens is 785 g/mol. The van der Waals surface area contributed by atoms with Crippen LogP contribution in [0.15, 0.2) is 60.8 Å². The van der Waals surface area contributed by atoms with Gasteiger partial charge in [0.05, 0.1) is 13.2 Å². The van der Waals surface area contributed by atoms with Crippen molar-refractivity contribution in [2.45, 2.75) is 237 Å². The highest BCUT2D eigenvalue weighted by Gasteiger charge is 2.44. The van der Waals surface area contributed by atoms with Crippen LogP contribution >= 0.6 is 0 Å². The lowest BCUT2D eigenvalue weighted by molar-refractivity contribution is -0.305.